The maximum Gasteiger partial charge on any atom is 0.191 e. The number of aromatic nitrogens is 2. The molecule has 0 amide bonds. The minimum absolute atomic E-state index is 0. The number of thiophene rings is 1. The third-order valence-electron chi connectivity index (χ3n) is 2.68. The second-order valence-electron chi connectivity index (χ2n) is 4.11. The van der Waals surface area contributed by atoms with Gasteiger partial charge < -0.3 is 10.6 Å². The first-order valence-electron chi connectivity index (χ1n) is 6.31. The standard InChI is InChI=1S/C13H19N5S.HI/c1-14-13(16-10-12-4-9-19-11-12)15-5-2-7-18-8-3-6-17-18;/h3-4,6,8-9,11H,2,5,7,10H2,1H3,(H2,14,15,16);1H. The monoisotopic (exact) mass is 405 g/mol. The van der Waals surface area contributed by atoms with Crippen molar-refractivity contribution in [3.05, 3.63) is 40.8 Å². The molecule has 0 saturated heterocycles. The zero-order valence-corrected chi connectivity index (χ0v) is 14.6. The van der Waals surface area contributed by atoms with Gasteiger partial charge in [0.05, 0.1) is 0 Å². The van der Waals surface area contributed by atoms with Crippen LogP contribution in [0.2, 0.25) is 0 Å². The molecule has 0 aromatic carbocycles. The molecular formula is C13H20IN5S. The van der Waals surface area contributed by atoms with E-state index < -0.39 is 0 Å². The van der Waals surface area contributed by atoms with E-state index in [-0.39, 0.29) is 24.0 Å². The normalized spacial score (nSPS) is 10.9. The fraction of sp³-hybridized carbons (Fsp3) is 0.385. The van der Waals surface area contributed by atoms with Crippen molar-refractivity contribution >= 4 is 41.3 Å². The highest BCUT2D eigenvalue weighted by molar-refractivity contribution is 14.0. The highest BCUT2D eigenvalue weighted by Gasteiger charge is 1.98. The molecule has 0 atom stereocenters. The molecule has 0 aliphatic carbocycles. The highest BCUT2D eigenvalue weighted by atomic mass is 127. The molecule has 2 N–H and O–H groups in total. The quantitative estimate of drug-likeness (QED) is 0.336. The first kappa shape index (κ1) is 17.0. The smallest absolute Gasteiger partial charge is 0.191 e. The van der Waals surface area contributed by atoms with Crippen LogP contribution in [0, 0.1) is 0 Å². The van der Waals surface area contributed by atoms with Crippen LogP contribution in [0.25, 0.3) is 0 Å². The number of nitrogens with one attached hydrogen (secondary N) is 2. The van der Waals surface area contributed by atoms with Crippen molar-refractivity contribution in [2.24, 2.45) is 4.99 Å². The summed E-state index contributed by atoms with van der Waals surface area (Å²) in [7, 11) is 1.79. The highest BCUT2D eigenvalue weighted by Crippen LogP contribution is 2.04. The van der Waals surface area contributed by atoms with Gasteiger partial charge in [0.25, 0.3) is 0 Å². The Labute approximate surface area is 140 Å². The molecule has 2 heterocycles. The lowest BCUT2D eigenvalue weighted by Crippen LogP contribution is -2.37. The molecule has 5 nitrogen and oxygen atoms in total. The van der Waals surface area contributed by atoms with Crippen LogP contribution in [0.15, 0.2) is 40.3 Å². The van der Waals surface area contributed by atoms with Crippen LogP contribution in [0.4, 0.5) is 0 Å². The Morgan fingerprint density at radius 3 is 3.00 bits per heavy atom. The van der Waals surface area contributed by atoms with Crippen molar-refractivity contribution in [1.82, 2.24) is 20.4 Å². The zero-order valence-electron chi connectivity index (χ0n) is 11.5. The third kappa shape index (κ3) is 5.91. The fourth-order valence-corrected chi connectivity index (χ4v) is 2.35. The van der Waals surface area contributed by atoms with Crippen molar-refractivity contribution < 1.29 is 0 Å². The molecule has 7 heteroatoms. The molecular weight excluding hydrogens is 385 g/mol. The number of hydrogen-bond donors (Lipinski definition) is 2. The number of hydrogen-bond acceptors (Lipinski definition) is 3. The van der Waals surface area contributed by atoms with Gasteiger partial charge in [0.15, 0.2) is 5.96 Å². The van der Waals surface area contributed by atoms with Crippen LogP contribution < -0.4 is 10.6 Å². The molecule has 2 aromatic heterocycles. The van der Waals surface area contributed by atoms with Gasteiger partial charge in [-0.05, 0) is 34.9 Å². The van der Waals surface area contributed by atoms with Crippen molar-refractivity contribution in [3.63, 3.8) is 0 Å². The Bertz CT molecular complexity index is 481. The van der Waals surface area contributed by atoms with Crippen LogP contribution in [-0.2, 0) is 13.1 Å². The minimum Gasteiger partial charge on any atom is -0.356 e. The van der Waals surface area contributed by atoms with E-state index in [1.165, 1.54) is 5.56 Å². The Balaban J connectivity index is 0.00000200. The number of aliphatic imine (C=N–C) groups is 1. The summed E-state index contributed by atoms with van der Waals surface area (Å²) in [6.45, 7) is 2.60. The van der Waals surface area contributed by atoms with E-state index in [9.17, 15) is 0 Å². The summed E-state index contributed by atoms with van der Waals surface area (Å²) in [6.07, 6.45) is 4.79. The third-order valence-corrected chi connectivity index (χ3v) is 3.41. The van der Waals surface area contributed by atoms with Crippen molar-refractivity contribution in [2.45, 2.75) is 19.5 Å². The predicted octanol–water partition coefficient (Wildman–Crippen LogP) is 2.32. The van der Waals surface area contributed by atoms with E-state index in [1.54, 1.807) is 24.6 Å². The molecule has 110 valence electrons. The van der Waals surface area contributed by atoms with Gasteiger partial charge in [0.2, 0.25) is 0 Å². The number of guanidine groups is 1. The van der Waals surface area contributed by atoms with Crippen LogP contribution >= 0.6 is 35.3 Å². The van der Waals surface area contributed by atoms with Crippen LogP contribution in [-0.4, -0.2) is 29.3 Å². The van der Waals surface area contributed by atoms with Gasteiger partial charge in [0, 0.05) is 39.1 Å². The van der Waals surface area contributed by atoms with Gasteiger partial charge in [-0.1, -0.05) is 0 Å². The van der Waals surface area contributed by atoms with Crippen molar-refractivity contribution in [2.75, 3.05) is 13.6 Å². The van der Waals surface area contributed by atoms with Gasteiger partial charge in [-0.15, -0.1) is 24.0 Å². The lowest BCUT2D eigenvalue weighted by atomic mass is 10.3. The Hall–Kier alpha value is -1.09. The molecule has 0 saturated carbocycles. The van der Waals surface area contributed by atoms with Gasteiger partial charge in [0.1, 0.15) is 0 Å². The summed E-state index contributed by atoms with van der Waals surface area (Å²) in [4.78, 5) is 4.20. The topological polar surface area (TPSA) is 54.2 Å². The second-order valence-corrected chi connectivity index (χ2v) is 4.89. The molecule has 0 unspecified atom stereocenters. The SMILES string of the molecule is CN=C(NCCCn1cccn1)NCc1ccsc1.I. The molecule has 0 bridgehead atoms. The predicted molar refractivity (Wildman–Crippen MR) is 94.8 cm³/mol. The summed E-state index contributed by atoms with van der Waals surface area (Å²) < 4.78 is 1.93. The summed E-state index contributed by atoms with van der Waals surface area (Å²) in [5.74, 6) is 0.840. The Morgan fingerprint density at radius 2 is 2.35 bits per heavy atom. The Morgan fingerprint density at radius 1 is 1.45 bits per heavy atom. The van der Waals surface area contributed by atoms with Crippen molar-refractivity contribution in [3.8, 4) is 0 Å². The number of rotatable bonds is 6. The van der Waals surface area contributed by atoms with Gasteiger partial charge in [-0.25, -0.2) is 0 Å². The first-order valence-corrected chi connectivity index (χ1v) is 7.26. The second kappa shape index (κ2) is 9.76. The van der Waals surface area contributed by atoms with Gasteiger partial charge in [-0.2, -0.15) is 16.4 Å². The van der Waals surface area contributed by atoms with E-state index in [4.69, 9.17) is 0 Å². The summed E-state index contributed by atoms with van der Waals surface area (Å²) >= 11 is 1.71. The number of nitrogens with zero attached hydrogens (tertiary/aromatic N) is 3. The first-order chi connectivity index (χ1) is 9.38. The van der Waals surface area contributed by atoms with E-state index in [2.05, 4.69) is 37.6 Å². The maximum absolute atomic E-state index is 4.20. The lowest BCUT2D eigenvalue weighted by molar-refractivity contribution is 0.570. The van der Waals surface area contributed by atoms with Crippen molar-refractivity contribution in [1.29, 1.82) is 0 Å². The lowest BCUT2D eigenvalue weighted by Gasteiger charge is -2.11. The van der Waals surface area contributed by atoms with E-state index in [0.29, 0.717) is 0 Å². The fourth-order valence-electron chi connectivity index (χ4n) is 1.68. The zero-order chi connectivity index (χ0) is 13.3. The number of aryl methyl sites for hydroxylation is 1. The molecule has 0 spiro atoms. The summed E-state index contributed by atoms with van der Waals surface area (Å²) in [6, 6.07) is 4.05. The van der Waals surface area contributed by atoms with Crippen LogP contribution in [0.3, 0.4) is 0 Å². The summed E-state index contributed by atoms with van der Waals surface area (Å²) in [5.41, 5.74) is 1.28. The average Bonchev–Trinajstić information content (AvgIpc) is 3.11. The van der Waals surface area contributed by atoms with Gasteiger partial charge >= 0.3 is 0 Å². The molecule has 0 aliphatic rings. The summed E-state index contributed by atoms with van der Waals surface area (Å²) in [5, 5.41) is 15.0. The van der Waals surface area contributed by atoms with Gasteiger partial charge in [-0.3, -0.25) is 9.67 Å². The maximum atomic E-state index is 4.20. The van der Waals surface area contributed by atoms with E-state index in [0.717, 1.165) is 32.0 Å². The van der Waals surface area contributed by atoms with E-state index in [1.807, 2.05) is 16.9 Å². The molecule has 20 heavy (non-hydrogen) atoms. The van der Waals surface area contributed by atoms with E-state index >= 15 is 0 Å². The molecule has 0 fully saturated rings. The minimum atomic E-state index is 0. The Kier molecular flexibility index (Phi) is 8.28. The average molecular weight is 405 g/mol. The molecule has 2 aromatic rings. The van der Waals surface area contributed by atoms with Crippen LogP contribution in [0.1, 0.15) is 12.0 Å². The largest absolute Gasteiger partial charge is 0.356 e. The number of halogens is 1. The molecule has 0 radical (unpaired) electrons. The van der Waals surface area contributed by atoms with Crippen LogP contribution in [0.5, 0.6) is 0 Å². The molecule has 0 aliphatic heterocycles. The molecule has 2 rings (SSSR count).